The molecule has 1 amide bonds. The molecule has 0 bridgehead atoms. The van der Waals surface area contributed by atoms with Gasteiger partial charge in [0.25, 0.3) is 5.91 Å². The Balaban J connectivity index is 2.11. The molecule has 0 unspecified atom stereocenters. The van der Waals surface area contributed by atoms with Crippen molar-refractivity contribution in [3.05, 3.63) is 64.7 Å². The number of amides is 1. The third-order valence-corrected chi connectivity index (χ3v) is 3.99. The molecule has 0 heterocycles. The third kappa shape index (κ3) is 5.71. The lowest BCUT2D eigenvalue weighted by Gasteiger charge is -2.11. The molecule has 2 aromatic rings. The van der Waals surface area contributed by atoms with Gasteiger partial charge in [0.15, 0.2) is 23.9 Å². The lowest BCUT2D eigenvalue weighted by atomic mass is 10.0. The second kappa shape index (κ2) is 9.57. The van der Waals surface area contributed by atoms with Gasteiger partial charge in [-0.1, -0.05) is 35.9 Å². The van der Waals surface area contributed by atoms with Crippen LogP contribution >= 0.6 is 0 Å². The molecule has 1 N–H and O–H groups in total. The first-order valence-electron chi connectivity index (χ1n) is 8.81. The van der Waals surface area contributed by atoms with E-state index < -0.39 is 0 Å². The van der Waals surface area contributed by atoms with Crippen LogP contribution in [-0.4, -0.2) is 32.0 Å². The van der Waals surface area contributed by atoms with Crippen molar-refractivity contribution >= 4 is 17.8 Å². The number of hydrogen-bond donors (Lipinski definition) is 1. The number of ketones is 1. The van der Waals surface area contributed by atoms with E-state index in [1.54, 1.807) is 30.4 Å². The summed E-state index contributed by atoms with van der Waals surface area (Å²) in [5.74, 6) is 0.729. The van der Waals surface area contributed by atoms with E-state index in [0.29, 0.717) is 23.6 Å². The predicted molar refractivity (Wildman–Crippen MR) is 106 cm³/mol. The summed E-state index contributed by atoms with van der Waals surface area (Å²) in [6.45, 7) is 6.25. The van der Waals surface area contributed by atoms with Gasteiger partial charge in [0, 0.05) is 12.1 Å². The second-order valence-electron chi connectivity index (χ2n) is 6.17. The van der Waals surface area contributed by atoms with Gasteiger partial charge >= 0.3 is 0 Å². The minimum atomic E-state index is -0.192. The monoisotopic (exact) mass is 367 g/mol. The van der Waals surface area contributed by atoms with Crippen molar-refractivity contribution in [2.45, 2.75) is 20.8 Å². The zero-order chi connectivity index (χ0) is 19.8. The number of methoxy groups -OCH3 is 1. The molecule has 2 rings (SSSR count). The lowest BCUT2D eigenvalue weighted by molar-refractivity contribution is -0.123. The Labute approximate surface area is 160 Å². The van der Waals surface area contributed by atoms with Crippen molar-refractivity contribution in [2.24, 2.45) is 0 Å². The zero-order valence-corrected chi connectivity index (χ0v) is 16.2. The number of carbonyl (C=O) groups excluding carboxylic acids is 2. The summed E-state index contributed by atoms with van der Waals surface area (Å²) >= 11 is 0. The zero-order valence-electron chi connectivity index (χ0n) is 16.2. The number of aryl methyl sites for hydroxylation is 2. The highest BCUT2D eigenvalue weighted by molar-refractivity contribution is 6.07. The van der Waals surface area contributed by atoms with Crippen molar-refractivity contribution in [1.29, 1.82) is 0 Å². The number of allylic oxidation sites excluding steroid dienone is 1. The molecule has 0 saturated carbocycles. The number of ether oxygens (including phenoxy) is 2. The Kier molecular flexibility index (Phi) is 7.17. The fourth-order valence-electron chi connectivity index (χ4n) is 2.65. The van der Waals surface area contributed by atoms with Gasteiger partial charge in [-0.25, -0.2) is 0 Å². The van der Waals surface area contributed by atoms with Gasteiger partial charge in [-0.05, 0) is 50.1 Å². The third-order valence-electron chi connectivity index (χ3n) is 3.99. The molecule has 0 aliphatic carbocycles. The summed E-state index contributed by atoms with van der Waals surface area (Å²) in [5, 5.41) is 2.67. The fourth-order valence-corrected chi connectivity index (χ4v) is 2.65. The van der Waals surface area contributed by atoms with Crippen LogP contribution < -0.4 is 14.8 Å². The van der Waals surface area contributed by atoms with E-state index >= 15 is 0 Å². The van der Waals surface area contributed by atoms with Crippen molar-refractivity contribution in [3.8, 4) is 11.5 Å². The fraction of sp³-hybridized carbons (Fsp3) is 0.273. The highest BCUT2D eigenvalue weighted by atomic mass is 16.5. The Bertz CT molecular complexity index is 855. The first kappa shape index (κ1) is 20.2. The molecule has 5 nitrogen and oxygen atoms in total. The molecule has 0 fully saturated rings. The molecule has 2 aromatic carbocycles. The van der Waals surface area contributed by atoms with Crippen LogP contribution in [0.4, 0.5) is 0 Å². The summed E-state index contributed by atoms with van der Waals surface area (Å²) in [5.41, 5.74) is 3.57. The Morgan fingerprint density at radius 3 is 2.52 bits per heavy atom. The van der Waals surface area contributed by atoms with E-state index in [-0.39, 0.29) is 18.3 Å². The molecular formula is C22H25NO4. The maximum absolute atomic E-state index is 12.4. The average molecular weight is 367 g/mol. The molecular weight excluding hydrogens is 342 g/mol. The van der Waals surface area contributed by atoms with E-state index in [0.717, 1.165) is 16.7 Å². The molecule has 5 heteroatoms. The average Bonchev–Trinajstić information content (AvgIpc) is 2.65. The van der Waals surface area contributed by atoms with Crippen LogP contribution in [0.25, 0.3) is 6.08 Å². The van der Waals surface area contributed by atoms with Crippen molar-refractivity contribution in [2.75, 3.05) is 20.3 Å². The number of benzene rings is 2. The van der Waals surface area contributed by atoms with Gasteiger partial charge in [0.2, 0.25) is 0 Å². The largest absolute Gasteiger partial charge is 0.493 e. The van der Waals surface area contributed by atoms with Crippen molar-refractivity contribution < 1.29 is 19.1 Å². The normalized spacial score (nSPS) is 10.7. The smallest absolute Gasteiger partial charge is 0.257 e. The Morgan fingerprint density at radius 2 is 1.85 bits per heavy atom. The topological polar surface area (TPSA) is 64.6 Å². The number of rotatable bonds is 8. The van der Waals surface area contributed by atoms with Crippen LogP contribution in [0.5, 0.6) is 11.5 Å². The minimum absolute atomic E-state index is 0.0527. The maximum Gasteiger partial charge on any atom is 0.257 e. The van der Waals surface area contributed by atoms with Gasteiger partial charge < -0.3 is 14.8 Å². The summed E-state index contributed by atoms with van der Waals surface area (Å²) in [6, 6.07) is 11.1. The van der Waals surface area contributed by atoms with Crippen molar-refractivity contribution in [1.82, 2.24) is 5.32 Å². The van der Waals surface area contributed by atoms with E-state index in [4.69, 9.17) is 9.47 Å². The number of carbonyl (C=O) groups is 2. The van der Waals surface area contributed by atoms with Gasteiger partial charge in [0.1, 0.15) is 0 Å². The van der Waals surface area contributed by atoms with E-state index in [1.807, 2.05) is 39.0 Å². The number of nitrogens with one attached hydrogen (secondary N) is 1. The van der Waals surface area contributed by atoms with Gasteiger partial charge in [-0.15, -0.1) is 0 Å². The first-order valence-corrected chi connectivity index (χ1v) is 8.81. The standard InChI is InChI=1S/C22H25NO4/c1-5-23-22(25)14-27-20-11-8-17(13-21(20)26-4)7-10-19(24)18-9-6-15(2)12-16(18)3/h6-13H,5,14H2,1-4H3,(H,23,25)/b10-7+. The van der Waals surface area contributed by atoms with Gasteiger partial charge in [-0.2, -0.15) is 0 Å². The van der Waals surface area contributed by atoms with E-state index in [1.165, 1.54) is 7.11 Å². The van der Waals surface area contributed by atoms with Crippen LogP contribution in [0.1, 0.15) is 34.0 Å². The molecule has 0 aliphatic rings. The van der Waals surface area contributed by atoms with Crippen LogP contribution in [0, 0.1) is 13.8 Å². The molecule has 0 aromatic heterocycles. The number of likely N-dealkylation sites (N-methyl/N-ethyl adjacent to an activating group) is 1. The SMILES string of the molecule is CCNC(=O)COc1ccc(/C=C/C(=O)c2ccc(C)cc2C)cc1OC. The van der Waals surface area contributed by atoms with Crippen LogP contribution in [0.3, 0.4) is 0 Å². The molecule has 0 atom stereocenters. The lowest BCUT2D eigenvalue weighted by Crippen LogP contribution is -2.28. The van der Waals surface area contributed by atoms with Crippen molar-refractivity contribution in [3.63, 3.8) is 0 Å². The summed E-state index contributed by atoms with van der Waals surface area (Å²) in [4.78, 5) is 23.9. The summed E-state index contributed by atoms with van der Waals surface area (Å²) < 4.78 is 10.8. The quantitative estimate of drug-likeness (QED) is 0.570. The molecule has 0 spiro atoms. The predicted octanol–water partition coefficient (Wildman–Crippen LogP) is 3.72. The molecule has 142 valence electrons. The summed E-state index contributed by atoms with van der Waals surface area (Å²) in [6.07, 6.45) is 3.28. The molecule has 0 aliphatic heterocycles. The van der Waals surface area contributed by atoms with Gasteiger partial charge in [-0.3, -0.25) is 9.59 Å². The van der Waals surface area contributed by atoms with E-state index in [2.05, 4.69) is 5.32 Å². The van der Waals surface area contributed by atoms with E-state index in [9.17, 15) is 9.59 Å². The summed E-state index contributed by atoms with van der Waals surface area (Å²) in [7, 11) is 1.53. The molecule has 0 radical (unpaired) electrons. The first-order chi connectivity index (χ1) is 12.9. The van der Waals surface area contributed by atoms with Crippen LogP contribution in [-0.2, 0) is 4.79 Å². The highest BCUT2D eigenvalue weighted by Crippen LogP contribution is 2.28. The second-order valence-corrected chi connectivity index (χ2v) is 6.17. The molecule has 27 heavy (non-hydrogen) atoms. The number of hydrogen-bond acceptors (Lipinski definition) is 4. The van der Waals surface area contributed by atoms with Crippen LogP contribution in [0.2, 0.25) is 0 Å². The maximum atomic E-state index is 12.4. The highest BCUT2D eigenvalue weighted by Gasteiger charge is 2.09. The molecule has 0 saturated heterocycles. The van der Waals surface area contributed by atoms with Crippen LogP contribution in [0.15, 0.2) is 42.5 Å². The Hall–Kier alpha value is -3.08. The Morgan fingerprint density at radius 1 is 1.07 bits per heavy atom. The minimum Gasteiger partial charge on any atom is -0.493 e. The van der Waals surface area contributed by atoms with Gasteiger partial charge in [0.05, 0.1) is 7.11 Å².